The van der Waals surface area contributed by atoms with E-state index in [0.717, 1.165) is 0 Å². The molecule has 1 N–H and O–H groups in total. The minimum atomic E-state index is -0.853. The summed E-state index contributed by atoms with van der Waals surface area (Å²) in [5, 5.41) is 1.20. The SMILES string of the molecule is C=CCc1cc(C=C2C(=O)NN(c3ccccc3)C2=O)cc(OC)c1OC(C)C(=O)OCC. The predicted molar refractivity (Wildman–Crippen MR) is 124 cm³/mol. The van der Waals surface area contributed by atoms with Crippen molar-refractivity contribution < 1.29 is 28.6 Å². The molecule has 33 heavy (non-hydrogen) atoms. The second-order valence-electron chi connectivity index (χ2n) is 7.19. The van der Waals surface area contributed by atoms with Gasteiger partial charge in [0.1, 0.15) is 5.57 Å². The van der Waals surface area contributed by atoms with Gasteiger partial charge in [-0.25, -0.2) is 9.80 Å². The van der Waals surface area contributed by atoms with Crippen LogP contribution >= 0.6 is 0 Å². The number of carbonyl (C=O) groups excluding carboxylic acids is 3. The summed E-state index contributed by atoms with van der Waals surface area (Å²) in [4.78, 5) is 37.4. The highest BCUT2D eigenvalue weighted by Gasteiger charge is 2.34. The Bertz CT molecular complexity index is 1090. The Kier molecular flexibility index (Phi) is 7.50. The first-order valence-electron chi connectivity index (χ1n) is 10.5. The smallest absolute Gasteiger partial charge is 0.347 e. The monoisotopic (exact) mass is 450 g/mol. The second-order valence-corrected chi connectivity index (χ2v) is 7.19. The van der Waals surface area contributed by atoms with E-state index in [0.29, 0.717) is 34.7 Å². The van der Waals surface area contributed by atoms with Gasteiger partial charge in [0.15, 0.2) is 17.6 Å². The zero-order valence-corrected chi connectivity index (χ0v) is 18.8. The van der Waals surface area contributed by atoms with Crippen molar-refractivity contribution in [2.24, 2.45) is 0 Å². The number of methoxy groups -OCH3 is 1. The van der Waals surface area contributed by atoms with Gasteiger partial charge in [0.05, 0.1) is 19.4 Å². The zero-order chi connectivity index (χ0) is 24.0. The van der Waals surface area contributed by atoms with Gasteiger partial charge in [0.25, 0.3) is 11.8 Å². The summed E-state index contributed by atoms with van der Waals surface area (Å²) in [5.41, 5.74) is 4.36. The van der Waals surface area contributed by atoms with Crippen molar-refractivity contribution in [3.05, 3.63) is 71.8 Å². The Morgan fingerprint density at radius 2 is 1.94 bits per heavy atom. The quantitative estimate of drug-likeness (QED) is 0.273. The van der Waals surface area contributed by atoms with Crippen LogP contribution in [-0.4, -0.2) is 37.6 Å². The maximum absolute atomic E-state index is 12.9. The van der Waals surface area contributed by atoms with Crippen molar-refractivity contribution in [2.75, 3.05) is 18.7 Å². The van der Waals surface area contributed by atoms with Crippen LogP contribution in [0.15, 0.2) is 60.7 Å². The standard InChI is InChI=1S/C25H26N2O6/c1-5-10-18-13-17(15-21(31-4)22(18)33-16(3)25(30)32-6-2)14-20-23(28)26-27(24(20)29)19-11-8-7-9-12-19/h5,7-9,11-16H,1,6,10H2,2-4H3,(H,26,28). The zero-order valence-electron chi connectivity index (χ0n) is 18.8. The number of hydrazine groups is 1. The highest BCUT2D eigenvalue weighted by molar-refractivity contribution is 6.31. The van der Waals surface area contributed by atoms with Crippen molar-refractivity contribution in [3.8, 4) is 11.5 Å². The molecule has 8 heteroatoms. The number of esters is 1. The molecule has 0 aliphatic carbocycles. The van der Waals surface area contributed by atoms with Crippen LogP contribution in [0.5, 0.6) is 11.5 Å². The van der Waals surface area contributed by atoms with Crippen LogP contribution in [0.1, 0.15) is 25.0 Å². The molecule has 0 bridgehead atoms. The van der Waals surface area contributed by atoms with Crippen LogP contribution in [0.25, 0.3) is 6.08 Å². The molecule has 1 fully saturated rings. The number of anilines is 1. The van der Waals surface area contributed by atoms with Gasteiger partial charge in [-0.3, -0.25) is 15.0 Å². The fourth-order valence-electron chi connectivity index (χ4n) is 3.33. The van der Waals surface area contributed by atoms with Crippen molar-refractivity contribution in [2.45, 2.75) is 26.4 Å². The van der Waals surface area contributed by atoms with E-state index in [1.54, 1.807) is 56.3 Å². The first-order chi connectivity index (χ1) is 15.9. The lowest BCUT2D eigenvalue weighted by atomic mass is 10.0. The summed E-state index contributed by atoms with van der Waals surface area (Å²) >= 11 is 0. The molecule has 0 aromatic heterocycles. The van der Waals surface area contributed by atoms with Gasteiger partial charge < -0.3 is 14.2 Å². The van der Waals surface area contributed by atoms with Gasteiger partial charge in [0.2, 0.25) is 0 Å². The molecule has 0 spiro atoms. The number of rotatable bonds is 9. The van der Waals surface area contributed by atoms with Crippen LogP contribution < -0.4 is 19.9 Å². The molecule has 2 aromatic carbocycles. The Morgan fingerprint density at radius 3 is 2.58 bits per heavy atom. The van der Waals surface area contributed by atoms with E-state index in [-0.39, 0.29) is 12.2 Å². The number of hydrogen-bond acceptors (Lipinski definition) is 6. The molecule has 1 saturated heterocycles. The third-order valence-corrected chi connectivity index (χ3v) is 4.87. The number of allylic oxidation sites excluding steroid dienone is 1. The van der Waals surface area contributed by atoms with E-state index in [4.69, 9.17) is 14.2 Å². The molecule has 2 amide bonds. The topological polar surface area (TPSA) is 94.2 Å². The number of nitrogens with zero attached hydrogens (tertiary/aromatic N) is 1. The van der Waals surface area contributed by atoms with Gasteiger partial charge in [-0.15, -0.1) is 6.58 Å². The molecular weight excluding hydrogens is 424 g/mol. The molecule has 172 valence electrons. The van der Waals surface area contributed by atoms with Gasteiger partial charge in [0, 0.05) is 5.56 Å². The van der Waals surface area contributed by atoms with Gasteiger partial charge >= 0.3 is 5.97 Å². The Morgan fingerprint density at radius 1 is 1.21 bits per heavy atom. The van der Waals surface area contributed by atoms with Crippen LogP contribution in [0.3, 0.4) is 0 Å². The number of para-hydroxylation sites is 1. The number of nitrogens with one attached hydrogen (secondary N) is 1. The minimum Gasteiger partial charge on any atom is -0.493 e. The summed E-state index contributed by atoms with van der Waals surface area (Å²) in [6.45, 7) is 7.32. The van der Waals surface area contributed by atoms with Crippen LogP contribution in [-0.2, 0) is 25.5 Å². The first kappa shape index (κ1) is 23.6. The van der Waals surface area contributed by atoms with Crippen LogP contribution in [0.2, 0.25) is 0 Å². The number of benzene rings is 2. The van der Waals surface area contributed by atoms with E-state index in [9.17, 15) is 14.4 Å². The molecule has 1 aliphatic rings. The molecule has 1 heterocycles. The van der Waals surface area contributed by atoms with Crippen molar-refractivity contribution in [1.29, 1.82) is 0 Å². The number of amides is 2. The predicted octanol–water partition coefficient (Wildman–Crippen LogP) is 3.22. The lowest BCUT2D eigenvalue weighted by Gasteiger charge is -2.19. The van der Waals surface area contributed by atoms with E-state index >= 15 is 0 Å². The summed E-state index contributed by atoms with van der Waals surface area (Å²) in [5.74, 6) is -0.753. The molecule has 3 rings (SSSR count). The maximum atomic E-state index is 12.9. The second kappa shape index (κ2) is 10.5. The van der Waals surface area contributed by atoms with Crippen LogP contribution in [0.4, 0.5) is 5.69 Å². The van der Waals surface area contributed by atoms with E-state index < -0.39 is 23.9 Å². The average molecular weight is 450 g/mol. The molecular formula is C25H26N2O6. The summed E-state index contributed by atoms with van der Waals surface area (Å²) in [6.07, 6.45) is 2.73. The molecule has 0 radical (unpaired) electrons. The fourth-order valence-corrected chi connectivity index (χ4v) is 3.33. The maximum Gasteiger partial charge on any atom is 0.347 e. The largest absolute Gasteiger partial charge is 0.493 e. The first-order valence-corrected chi connectivity index (χ1v) is 10.5. The van der Waals surface area contributed by atoms with Crippen molar-refractivity contribution in [3.63, 3.8) is 0 Å². The highest BCUT2D eigenvalue weighted by atomic mass is 16.6. The third kappa shape index (κ3) is 5.23. The normalized spacial score (nSPS) is 15.2. The van der Waals surface area contributed by atoms with E-state index in [1.807, 2.05) is 6.07 Å². The summed E-state index contributed by atoms with van der Waals surface area (Å²) < 4.78 is 16.4. The highest BCUT2D eigenvalue weighted by Crippen LogP contribution is 2.35. The van der Waals surface area contributed by atoms with E-state index in [1.165, 1.54) is 18.2 Å². The number of hydrogen-bond donors (Lipinski definition) is 1. The lowest BCUT2D eigenvalue weighted by molar-refractivity contribution is -0.150. The lowest BCUT2D eigenvalue weighted by Crippen LogP contribution is -2.35. The molecule has 0 saturated carbocycles. The molecule has 8 nitrogen and oxygen atoms in total. The van der Waals surface area contributed by atoms with Crippen molar-refractivity contribution >= 4 is 29.5 Å². The van der Waals surface area contributed by atoms with Gasteiger partial charge in [-0.2, -0.15) is 0 Å². The molecule has 1 aliphatic heterocycles. The van der Waals surface area contributed by atoms with E-state index in [2.05, 4.69) is 12.0 Å². The average Bonchev–Trinajstić information content (AvgIpc) is 3.09. The summed E-state index contributed by atoms with van der Waals surface area (Å²) in [7, 11) is 1.47. The molecule has 1 atom stereocenters. The Labute approximate surface area is 192 Å². The third-order valence-electron chi connectivity index (χ3n) is 4.87. The van der Waals surface area contributed by atoms with Crippen LogP contribution in [0, 0.1) is 0 Å². The molecule has 2 aromatic rings. The number of carbonyl (C=O) groups is 3. The van der Waals surface area contributed by atoms with Crippen molar-refractivity contribution in [1.82, 2.24) is 5.43 Å². The van der Waals surface area contributed by atoms with Gasteiger partial charge in [-0.05, 0) is 56.2 Å². The summed E-state index contributed by atoms with van der Waals surface area (Å²) in [6, 6.07) is 12.2. The van der Waals surface area contributed by atoms with Gasteiger partial charge in [-0.1, -0.05) is 24.3 Å². The fraction of sp³-hybridized carbons (Fsp3) is 0.240. The number of ether oxygens (including phenoxy) is 3. The Balaban J connectivity index is 1.97. The molecule has 1 unspecified atom stereocenters. The Hall–Kier alpha value is -4.07. The minimum absolute atomic E-state index is 0.0148.